The number of rotatable bonds is 6. The number of nitrogens with zero attached hydrogens (tertiary/aromatic N) is 2. The van der Waals surface area contributed by atoms with Crippen LogP contribution in [0.4, 0.5) is 5.69 Å². The van der Waals surface area contributed by atoms with Crippen LogP contribution >= 0.6 is 0 Å². The second-order valence-electron chi connectivity index (χ2n) is 4.59. The molecule has 0 aliphatic heterocycles. The van der Waals surface area contributed by atoms with E-state index in [0.29, 0.717) is 6.04 Å². The van der Waals surface area contributed by atoms with E-state index in [9.17, 15) is 0 Å². The Hall–Kier alpha value is -1.94. The smallest absolute Gasteiger partial charge is 0.0378 e. The van der Waals surface area contributed by atoms with Crippen molar-refractivity contribution in [3.8, 4) is 0 Å². The van der Waals surface area contributed by atoms with Crippen LogP contribution in [0, 0.1) is 0 Å². The van der Waals surface area contributed by atoms with Crippen molar-refractivity contribution < 1.29 is 0 Å². The zero-order valence-corrected chi connectivity index (χ0v) is 11.2. The molecule has 100 valence electrons. The van der Waals surface area contributed by atoms with Crippen LogP contribution in [-0.2, 0) is 12.8 Å². The highest BCUT2D eigenvalue weighted by molar-refractivity contribution is 5.44. The lowest BCUT2D eigenvalue weighted by Crippen LogP contribution is -2.33. The average Bonchev–Trinajstić information content (AvgIpc) is 2.43. The van der Waals surface area contributed by atoms with E-state index in [4.69, 9.17) is 5.73 Å². The van der Waals surface area contributed by atoms with Crippen LogP contribution in [-0.4, -0.2) is 22.6 Å². The van der Waals surface area contributed by atoms with Gasteiger partial charge in [0.05, 0.1) is 0 Å². The molecule has 0 amide bonds. The standard InChI is InChI=1S/C15H20N4/c1-2-19-14(9-12-3-6-17-7-4-12)10-13-11-18-8-5-15(13)16/h3-8,11,14,19H,2,9-10H2,1H3,(H2,16,18). The molecule has 3 N–H and O–H groups in total. The van der Waals surface area contributed by atoms with Gasteiger partial charge >= 0.3 is 0 Å². The molecule has 0 aliphatic rings. The summed E-state index contributed by atoms with van der Waals surface area (Å²) in [7, 11) is 0. The first-order valence-corrected chi connectivity index (χ1v) is 6.60. The quantitative estimate of drug-likeness (QED) is 0.827. The molecular formula is C15H20N4. The summed E-state index contributed by atoms with van der Waals surface area (Å²) in [6.07, 6.45) is 9.09. The highest BCUT2D eigenvalue weighted by Crippen LogP contribution is 2.13. The van der Waals surface area contributed by atoms with Crippen LogP contribution in [0.25, 0.3) is 0 Å². The topological polar surface area (TPSA) is 63.8 Å². The summed E-state index contributed by atoms with van der Waals surface area (Å²) in [5.74, 6) is 0. The van der Waals surface area contributed by atoms with Gasteiger partial charge in [0.25, 0.3) is 0 Å². The van der Waals surface area contributed by atoms with E-state index in [-0.39, 0.29) is 0 Å². The fourth-order valence-electron chi connectivity index (χ4n) is 2.18. The number of pyridine rings is 2. The van der Waals surface area contributed by atoms with Crippen LogP contribution in [0.1, 0.15) is 18.1 Å². The van der Waals surface area contributed by atoms with E-state index in [1.54, 1.807) is 6.20 Å². The van der Waals surface area contributed by atoms with Crippen molar-refractivity contribution in [2.75, 3.05) is 12.3 Å². The molecule has 1 unspecified atom stereocenters. The Morgan fingerprint density at radius 3 is 2.53 bits per heavy atom. The van der Waals surface area contributed by atoms with Crippen LogP contribution < -0.4 is 11.1 Å². The molecule has 0 saturated carbocycles. The predicted octanol–water partition coefficient (Wildman–Crippen LogP) is 1.82. The second-order valence-corrected chi connectivity index (χ2v) is 4.59. The van der Waals surface area contributed by atoms with Crippen LogP contribution in [0.3, 0.4) is 0 Å². The zero-order chi connectivity index (χ0) is 13.5. The molecule has 4 nitrogen and oxygen atoms in total. The summed E-state index contributed by atoms with van der Waals surface area (Å²) in [6.45, 7) is 3.06. The molecule has 0 aliphatic carbocycles. The van der Waals surface area contributed by atoms with Gasteiger partial charge in [0.15, 0.2) is 0 Å². The molecule has 19 heavy (non-hydrogen) atoms. The lowest BCUT2D eigenvalue weighted by atomic mass is 9.99. The minimum absolute atomic E-state index is 0.360. The largest absolute Gasteiger partial charge is 0.398 e. The minimum atomic E-state index is 0.360. The highest BCUT2D eigenvalue weighted by atomic mass is 14.9. The first kappa shape index (κ1) is 13.5. The maximum Gasteiger partial charge on any atom is 0.0378 e. The molecule has 0 aromatic carbocycles. The average molecular weight is 256 g/mol. The highest BCUT2D eigenvalue weighted by Gasteiger charge is 2.11. The van der Waals surface area contributed by atoms with Crippen LogP contribution in [0.15, 0.2) is 43.0 Å². The number of hydrogen-bond acceptors (Lipinski definition) is 4. The van der Waals surface area contributed by atoms with E-state index < -0.39 is 0 Å². The fraction of sp³-hybridized carbons (Fsp3) is 0.333. The molecule has 4 heteroatoms. The van der Waals surface area contributed by atoms with Gasteiger partial charge in [-0.1, -0.05) is 6.92 Å². The molecule has 2 rings (SSSR count). The molecule has 2 aromatic heterocycles. The third-order valence-electron chi connectivity index (χ3n) is 3.13. The number of nitrogens with one attached hydrogen (secondary N) is 1. The Morgan fingerprint density at radius 1 is 1.11 bits per heavy atom. The van der Waals surface area contributed by atoms with Gasteiger partial charge in [0.1, 0.15) is 0 Å². The molecule has 2 heterocycles. The summed E-state index contributed by atoms with van der Waals surface area (Å²) in [6, 6.07) is 6.32. The van der Waals surface area contributed by atoms with Crippen molar-refractivity contribution in [3.63, 3.8) is 0 Å². The van der Waals surface area contributed by atoms with Crippen molar-refractivity contribution in [3.05, 3.63) is 54.1 Å². The fourth-order valence-corrected chi connectivity index (χ4v) is 2.18. The van der Waals surface area contributed by atoms with Crippen molar-refractivity contribution in [2.45, 2.75) is 25.8 Å². The maximum atomic E-state index is 5.98. The van der Waals surface area contributed by atoms with Gasteiger partial charge in [-0.25, -0.2) is 0 Å². The van der Waals surface area contributed by atoms with Gasteiger partial charge < -0.3 is 11.1 Å². The van der Waals surface area contributed by atoms with Gasteiger partial charge in [-0.3, -0.25) is 9.97 Å². The normalized spacial score (nSPS) is 12.3. The number of nitrogens with two attached hydrogens (primary N) is 1. The molecule has 0 spiro atoms. The predicted molar refractivity (Wildman–Crippen MR) is 77.8 cm³/mol. The van der Waals surface area contributed by atoms with Crippen molar-refractivity contribution >= 4 is 5.69 Å². The third kappa shape index (κ3) is 4.03. The third-order valence-corrected chi connectivity index (χ3v) is 3.13. The lowest BCUT2D eigenvalue weighted by Gasteiger charge is -2.18. The maximum absolute atomic E-state index is 5.98. The second kappa shape index (κ2) is 6.85. The number of hydrogen-bond donors (Lipinski definition) is 2. The summed E-state index contributed by atoms with van der Waals surface area (Å²) in [5, 5.41) is 3.50. The Kier molecular flexibility index (Phi) is 4.86. The Morgan fingerprint density at radius 2 is 1.84 bits per heavy atom. The Bertz CT molecular complexity index is 499. The first-order valence-electron chi connectivity index (χ1n) is 6.60. The molecule has 0 bridgehead atoms. The zero-order valence-electron chi connectivity index (χ0n) is 11.2. The number of nitrogen functional groups attached to an aromatic ring is 1. The molecule has 2 aromatic rings. The first-order chi connectivity index (χ1) is 9.29. The SMILES string of the molecule is CCNC(Cc1ccncc1)Cc1cnccc1N. The summed E-state index contributed by atoms with van der Waals surface area (Å²) in [5.41, 5.74) is 9.17. The van der Waals surface area contributed by atoms with E-state index in [2.05, 4.69) is 34.3 Å². The van der Waals surface area contributed by atoms with Crippen molar-refractivity contribution in [1.29, 1.82) is 0 Å². The Labute approximate surface area is 114 Å². The number of likely N-dealkylation sites (N-methyl/N-ethyl adjacent to an activating group) is 1. The number of anilines is 1. The molecule has 0 saturated heterocycles. The van der Waals surface area contributed by atoms with Crippen LogP contribution in [0.5, 0.6) is 0 Å². The number of aromatic nitrogens is 2. The van der Waals surface area contributed by atoms with E-state index >= 15 is 0 Å². The van der Waals surface area contributed by atoms with E-state index in [1.165, 1.54) is 5.56 Å². The summed E-state index contributed by atoms with van der Waals surface area (Å²) >= 11 is 0. The van der Waals surface area contributed by atoms with Gasteiger partial charge in [0, 0.05) is 36.5 Å². The summed E-state index contributed by atoms with van der Waals surface area (Å²) < 4.78 is 0. The van der Waals surface area contributed by atoms with Gasteiger partial charge in [0.2, 0.25) is 0 Å². The molecular weight excluding hydrogens is 236 g/mol. The van der Waals surface area contributed by atoms with Crippen molar-refractivity contribution in [2.24, 2.45) is 0 Å². The molecule has 0 radical (unpaired) electrons. The summed E-state index contributed by atoms with van der Waals surface area (Å²) in [4.78, 5) is 8.19. The van der Waals surface area contributed by atoms with Crippen LogP contribution in [0.2, 0.25) is 0 Å². The Balaban J connectivity index is 2.06. The van der Waals surface area contributed by atoms with Gasteiger partial charge in [-0.05, 0) is 48.7 Å². The van der Waals surface area contributed by atoms with E-state index in [0.717, 1.165) is 30.6 Å². The van der Waals surface area contributed by atoms with E-state index in [1.807, 2.05) is 24.7 Å². The van der Waals surface area contributed by atoms with Gasteiger partial charge in [-0.2, -0.15) is 0 Å². The lowest BCUT2D eigenvalue weighted by molar-refractivity contribution is 0.521. The molecule has 0 fully saturated rings. The minimum Gasteiger partial charge on any atom is -0.398 e. The van der Waals surface area contributed by atoms with Crippen molar-refractivity contribution in [1.82, 2.24) is 15.3 Å². The monoisotopic (exact) mass is 256 g/mol. The molecule has 1 atom stereocenters. The van der Waals surface area contributed by atoms with Gasteiger partial charge in [-0.15, -0.1) is 0 Å².